The van der Waals surface area contributed by atoms with E-state index in [1.165, 1.54) is 11.3 Å². The van der Waals surface area contributed by atoms with Crippen LogP contribution in [0, 0.1) is 5.92 Å². The third-order valence-corrected chi connectivity index (χ3v) is 6.74. The van der Waals surface area contributed by atoms with Crippen LogP contribution in [0.4, 0.5) is 5.69 Å². The molecule has 0 saturated heterocycles. The molecule has 0 fully saturated rings. The van der Waals surface area contributed by atoms with Crippen molar-refractivity contribution in [3.05, 3.63) is 51.2 Å². The topological polar surface area (TPSA) is 47.9 Å². The van der Waals surface area contributed by atoms with Crippen LogP contribution < -0.4 is 10.3 Å². The van der Waals surface area contributed by atoms with Gasteiger partial charge in [-0.2, -0.15) is 5.10 Å². The number of nitrogens with zero attached hydrogens (tertiary/aromatic N) is 3. The van der Waals surface area contributed by atoms with Gasteiger partial charge in [0, 0.05) is 17.3 Å². The van der Waals surface area contributed by atoms with Crippen LogP contribution in [-0.4, -0.2) is 28.8 Å². The summed E-state index contributed by atoms with van der Waals surface area (Å²) in [4.78, 5) is 17.8. The minimum atomic E-state index is -0.250. The molecule has 0 radical (unpaired) electrons. The fraction of sp³-hybridized carbons (Fsp3) is 0.368. The molecule has 8 heteroatoms. The van der Waals surface area contributed by atoms with Gasteiger partial charge in [-0.25, -0.2) is 0 Å². The fourth-order valence-electron chi connectivity index (χ4n) is 3.16. The van der Waals surface area contributed by atoms with Gasteiger partial charge in [0.25, 0.3) is 5.91 Å². The van der Waals surface area contributed by atoms with Gasteiger partial charge in [-0.1, -0.05) is 49.3 Å². The average Bonchev–Trinajstić information content (AvgIpc) is 3.26. The highest BCUT2D eigenvalue weighted by Crippen LogP contribution is 2.38. The molecule has 1 amide bonds. The van der Waals surface area contributed by atoms with Gasteiger partial charge in [0.2, 0.25) is 6.29 Å². The van der Waals surface area contributed by atoms with Crippen LogP contribution in [0.25, 0.3) is 0 Å². The molecular weight excluding hydrogens is 400 g/mol. The van der Waals surface area contributed by atoms with E-state index in [0.29, 0.717) is 12.5 Å². The van der Waals surface area contributed by atoms with Crippen molar-refractivity contribution in [2.75, 3.05) is 11.4 Å². The number of thiophene rings is 1. The lowest BCUT2D eigenvalue weighted by molar-refractivity contribution is 0.0637. The molecule has 0 spiro atoms. The van der Waals surface area contributed by atoms with Gasteiger partial charge in [-0.05, 0) is 41.5 Å². The largest absolute Gasteiger partial charge is 0.298 e. The molecule has 4 rings (SSSR count). The highest BCUT2D eigenvalue weighted by Gasteiger charge is 2.43. The van der Waals surface area contributed by atoms with Gasteiger partial charge in [-0.3, -0.25) is 20.0 Å². The van der Waals surface area contributed by atoms with Gasteiger partial charge >= 0.3 is 0 Å². The molecule has 0 saturated carbocycles. The van der Waals surface area contributed by atoms with Crippen LogP contribution in [0.3, 0.4) is 0 Å². The number of hydrogen-bond acceptors (Lipinski definition) is 6. The summed E-state index contributed by atoms with van der Waals surface area (Å²) in [6, 6.07) is 9.87. The molecule has 27 heavy (non-hydrogen) atoms. The zero-order valence-electron chi connectivity index (χ0n) is 15.2. The number of rotatable bonds is 5. The Balaban J connectivity index is 1.55. The number of carbonyl (C=O) groups is 1. The van der Waals surface area contributed by atoms with Crippen LogP contribution in [0.2, 0.25) is 5.02 Å². The van der Waals surface area contributed by atoms with Crippen LogP contribution in [-0.2, 0) is 5.75 Å². The molecule has 0 aliphatic carbocycles. The first-order chi connectivity index (χ1) is 13.0. The first-order valence-electron chi connectivity index (χ1n) is 8.92. The number of anilines is 1. The van der Waals surface area contributed by atoms with Crippen molar-refractivity contribution in [2.24, 2.45) is 11.0 Å². The Labute approximate surface area is 172 Å². The lowest BCUT2D eigenvalue weighted by Crippen LogP contribution is -2.58. The minimum Gasteiger partial charge on any atom is -0.298 e. The zero-order chi connectivity index (χ0) is 19.0. The van der Waals surface area contributed by atoms with Gasteiger partial charge in [-0.15, -0.1) is 11.3 Å². The van der Waals surface area contributed by atoms with E-state index in [1.54, 1.807) is 11.8 Å². The van der Waals surface area contributed by atoms with Crippen molar-refractivity contribution in [1.29, 1.82) is 0 Å². The molecule has 1 N–H and O–H groups in total. The third-order valence-electron chi connectivity index (χ3n) is 4.58. The summed E-state index contributed by atoms with van der Waals surface area (Å²) in [7, 11) is 0. The Morgan fingerprint density at radius 2 is 2.22 bits per heavy atom. The van der Waals surface area contributed by atoms with Crippen molar-refractivity contribution >= 4 is 51.5 Å². The van der Waals surface area contributed by atoms with Gasteiger partial charge in [0.15, 0.2) is 5.17 Å². The first kappa shape index (κ1) is 18.7. The fourth-order valence-corrected chi connectivity index (χ4v) is 5.15. The Morgan fingerprint density at radius 1 is 1.37 bits per heavy atom. The number of hydrazone groups is 1. The number of carbonyl (C=O) groups excluding carboxylic acids is 1. The van der Waals surface area contributed by atoms with E-state index in [-0.39, 0.29) is 12.2 Å². The summed E-state index contributed by atoms with van der Waals surface area (Å²) >= 11 is 9.24. The summed E-state index contributed by atoms with van der Waals surface area (Å²) < 4.78 is 0. The minimum absolute atomic E-state index is 0.0886. The van der Waals surface area contributed by atoms with E-state index in [4.69, 9.17) is 11.6 Å². The summed E-state index contributed by atoms with van der Waals surface area (Å²) in [6.45, 7) is 5.06. The van der Waals surface area contributed by atoms with E-state index in [2.05, 4.69) is 35.3 Å². The number of halogens is 1. The smallest absolute Gasteiger partial charge is 0.269 e. The maximum absolute atomic E-state index is 13.0. The van der Waals surface area contributed by atoms with Crippen molar-refractivity contribution in [3.8, 4) is 0 Å². The quantitative estimate of drug-likeness (QED) is 0.754. The molecule has 1 atom stereocenters. The van der Waals surface area contributed by atoms with Crippen molar-refractivity contribution < 1.29 is 4.79 Å². The van der Waals surface area contributed by atoms with Gasteiger partial charge < -0.3 is 0 Å². The van der Waals surface area contributed by atoms with Crippen molar-refractivity contribution in [3.63, 3.8) is 0 Å². The average molecular weight is 421 g/mol. The molecule has 1 aromatic carbocycles. The summed E-state index contributed by atoms with van der Waals surface area (Å²) in [6.07, 6.45) is 0.712. The molecule has 5 nitrogen and oxygen atoms in total. The molecule has 142 valence electrons. The van der Waals surface area contributed by atoms with E-state index in [1.807, 2.05) is 34.5 Å². The summed E-state index contributed by atoms with van der Waals surface area (Å²) in [5.74, 6) is 1.39. The van der Waals surface area contributed by atoms with Crippen LogP contribution in [0.5, 0.6) is 0 Å². The Bertz CT molecular complexity index is 882. The summed E-state index contributed by atoms with van der Waals surface area (Å²) in [5.41, 5.74) is 5.26. The first-order valence-corrected chi connectivity index (χ1v) is 11.2. The zero-order valence-corrected chi connectivity index (χ0v) is 17.6. The maximum atomic E-state index is 13.0. The Hall–Kier alpha value is -1.70. The number of hydrogen-bond donors (Lipinski definition) is 1. The van der Waals surface area contributed by atoms with Crippen LogP contribution in [0.1, 0.15) is 35.5 Å². The molecular formula is C19H21ClN4OS2. The third kappa shape index (κ3) is 3.68. The standard InChI is InChI=1S/C19H21ClN4OS2/c1-12(2)6-8-23-17(25)16-15(7-9-26-16)24-18(23)21-22-19(24)27-11-13-4-3-5-14(20)10-13/h3-5,7,9-10,12,18,21H,6,8,11H2,1-2H3. The number of amides is 1. The molecule has 3 heterocycles. The molecule has 1 aromatic heterocycles. The predicted octanol–water partition coefficient (Wildman–Crippen LogP) is 4.80. The second kappa shape index (κ2) is 7.73. The Morgan fingerprint density at radius 3 is 3.00 bits per heavy atom. The number of thioether (sulfide) groups is 1. The monoisotopic (exact) mass is 420 g/mol. The van der Waals surface area contributed by atoms with Gasteiger partial charge in [0.1, 0.15) is 4.88 Å². The number of fused-ring (bicyclic) bond motifs is 3. The molecule has 2 aliphatic rings. The summed E-state index contributed by atoms with van der Waals surface area (Å²) in [5, 5.41) is 8.13. The lowest BCUT2D eigenvalue weighted by Gasteiger charge is -2.39. The normalized spacial score (nSPS) is 18.4. The van der Waals surface area contributed by atoms with E-state index >= 15 is 0 Å². The maximum Gasteiger partial charge on any atom is 0.269 e. The number of nitrogens with one attached hydrogen (secondary N) is 1. The van der Waals surface area contributed by atoms with Crippen LogP contribution >= 0.6 is 34.7 Å². The molecule has 1 unspecified atom stereocenters. The van der Waals surface area contributed by atoms with E-state index in [0.717, 1.165) is 38.5 Å². The molecule has 2 aromatic rings. The van der Waals surface area contributed by atoms with E-state index in [9.17, 15) is 4.79 Å². The van der Waals surface area contributed by atoms with Crippen LogP contribution in [0.15, 0.2) is 40.8 Å². The molecule has 0 bridgehead atoms. The van der Waals surface area contributed by atoms with Crippen molar-refractivity contribution in [2.45, 2.75) is 32.3 Å². The lowest BCUT2D eigenvalue weighted by atomic mass is 10.1. The Kier molecular flexibility index (Phi) is 5.34. The van der Waals surface area contributed by atoms with Gasteiger partial charge in [0.05, 0.1) is 5.69 Å². The SMILES string of the molecule is CC(C)CCN1C(=O)c2sccc2N2C(SCc3cccc(Cl)c3)=NNC12. The predicted molar refractivity (Wildman–Crippen MR) is 114 cm³/mol. The molecule has 2 aliphatic heterocycles. The van der Waals surface area contributed by atoms with Crippen molar-refractivity contribution in [1.82, 2.24) is 10.3 Å². The number of benzene rings is 1. The second-order valence-corrected chi connectivity index (χ2v) is 9.30. The highest BCUT2D eigenvalue weighted by molar-refractivity contribution is 8.13. The highest BCUT2D eigenvalue weighted by atomic mass is 35.5. The second-order valence-electron chi connectivity index (χ2n) is 7.00. The van der Waals surface area contributed by atoms with E-state index < -0.39 is 0 Å². The number of amidine groups is 1.